The van der Waals surface area contributed by atoms with Crippen LogP contribution in [-0.2, 0) is 10.0 Å². The van der Waals surface area contributed by atoms with Crippen molar-refractivity contribution in [1.82, 2.24) is 14.5 Å². The normalized spacial score (nSPS) is 18.9. The van der Waals surface area contributed by atoms with E-state index in [1.54, 1.807) is 41.3 Å². The molecule has 3 aromatic rings. The van der Waals surface area contributed by atoms with Gasteiger partial charge in [-0.3, -0.25) is 4.79 Å². The summed E-state index contributed by atoms with van der Waals surface area (Å²) in [4.78, 5) is 15.0. The minimum Gasteiger partial charge on any atom is -0.489 e. The Labute approximate surface area is 216 Å². The number of sulfonamides is 1. The van der Waals surface area contributed by atoms with Crippen molar-refractivity contribution in [2.75, 3.05) is 39.3 Å². The van der Waals surface area contributed by atoms with Gasteiger partial charge in [-0.2, -0.15) is 4.31 Å². The zero-order valence-corrected chi connectivity index (χ0v) is 21.4. The van der Waals surface area contributed by atoms with Crippen LogP contribution < -0.4 is 10.1 Å². The SMILES string of the molecule is Cl.O=C(c1cccc(O[C@H]2CCNC2)c1)N1CCN(S(=O)(=O)c2ccc3cc(Cl)ccc3c2)CC1. The number of nitrogens with one attached hydrogen (secondary N) is 1. The quantitative estimate of drug-likeness (QED) is 0.537. The summed E-state index contributed by atoms with van der Waals surface area (Å²) in [6, 6.07) is 17.6. The highest BCUT2D eigenvalue weighted by Gasteiger charge is 2.30. The van der Waals surface area contributed by atoms with Crippen molar-refractivity contribution in [3.8, 4) is 5.75 Å². The van der Waals surface area contributed by atoms with Gasteiger partial charge >= 0.3 is 0 Å². The highest BCUT2D eigenvalue weighted by atomic mass is 35.5. The third kappa shape index (κ3) is 5.57. The zero-order chi connectivity index (χ0) is 23.7. The monoisotopic (exact) mass is 535 g/mol. The van der Waals surface area contributed by atoms with Crippen LogP contribution >= 0.6 is 24.0 Å². The van der Waals surface area contributed by atoms with Gasteiger partial charge in [0.15, 0.2) is 0 Å². The summed E-state index contributed by atoms with van der Waals surface area (Å²) in [5, 5.41) is 5.57. The van der Waals surface area contributed by atoms with Crippen molar-refractivity contribution in [3.05, 3.63) is 71.2 Å². The molecule has 2 fully saturated rings. The molecule has 0 radical (unpaired) electrons. The van der Waals surface area contributed by atoms with Gasteiger partial charge in [0.1, 0.15) is 11.9 Å². The minimum atomic E-state index is -3.66. The molecule has 0 spiro atoms. The van der Waals surface area contributed by atoms with Crippen molar-refractivity contribution in [2.45, 2.75) is 17.4 Å². The Hall–Kier alpha value is -2.36. The molecular formula is C25H27Cl2N3O4S. The molecule has 2 heterocycles. The molecule has 5 rings (SSSR count). The number of rotatable bonds is 5. The van der Waals surface area contributed by atoms with Gasteiger partial charge in [0, 0.05) is 43.3 Å². The van der Waals surface area contributed by atoms with Gasteiger partial charge in [-0.15, -0.1) is 12.4 Å². The highest BCUT2D eigenvalue weighted by Crippen LogP contribution is 2.26. The fourth-order valence-corrected chi connectivity index (χ4v) is 6.08. The summed E-state index contributed by atoms with van der Waals surface area (Å²) in [5.74, 6) is 0.563. The number of piperazine rings is 1. The fourth-order valence-electron chi connectivity index (χ4n) is 4.44. The number of amides is 1. The van der Waals surface area contributed by atoms with E-state index in [-0.39, 0.29) is 42.4 Å². The number of benzene rings is 3. The predicted octanol–water partition coefficient (Wildman–Crippen LogP) is 3.80. The number of hydrogen-bond acceptors (Lipinski definition) is 5. The molecule has 0 saturated carbocycles. The number of ether oxygens (including phenoxy) is 1. The van der Waals surface area contributed by atoms with Crippen molar-refractivity contribution in [2.24, 2.45) is 0 Å². The molecule has 3 aromatic carbocycles. The summed E-state index contributed by atoms with van der Waals surface area (Å²) in [6.07, 6.45) is 1.06. The third-order valence-corrected chi connectivity index (χ3v) is 8.47. The van der Waals surface area contributed by atoms with Gasteiger partial charge in [-0.1, -0.05) is 29.8 Å². The first-order valence-electron chi connectivity index (χ1n) is 11.4. The molecule has 1 amide bonds. The third-order valence-electron chi connectivity index (χ3n) is 6.34. The molecule has 7 nitrogen and oxygen atoms in total. The van der Waals surface area contributed by atoms with Crippen LogP contribution in [0.3, 0.4) is 0 Å². The largest absolute Gasteiger partial charge is 0.489 e. The Morgan fingerprint density at radius 3 is 2.46 bits per heavy atom. The van der Waals surface area contributed by atoms with Crippen molar-refractivity contribution in [1.29, 1.82) is 0 Å². The summed E-state index contributed by atoms with van der Waals surface area (Å²) in [5.41, 5.74) is 0.549. The summed E-state index contributed by atoms with van der Waals surface area (Å²) in [7, 11) is -3.66. The number of nitrogens with zero attached hydrogens (tertiary/aromatic N) is 2. The Bertz CT molecular complexity index is 1320. The minimum absolute atomic E-state index is 0. The molecule has 0 aromatic heterocycles. The molecule has 2 aliphatic rings. The molecule has 10 heteroatoms. The fraction of sp³-hybridized carbons (Fsp3) is 0.320. The Morgan fingerprint density at radius 1 is 0.971 bits per heavy atom. The van der Waals surface area contributed by atoms with E-state index in [2.05, 4.69) is 5.32 Å². The van der Waals surface area contributed by atoms with Gasteiger partial charge in [0.2, 0.25) is 10.0 Å². The summed E-state index contributed by atoms with van der Waals surface area (Å²) >= 11 is 6.03. The molecular weight excluding hydrogens is 509 g/mol. The first kappa shape index (κ1) is 25.7. The number of hydrogen-bond donors (Lipinski definition) is 1. The van der Waals surface area contributed by atoms with Crippen LogP contribution in [0.15, 0.2) is 65.6 Å². The van der Waals surface area contributed by atoms with E-state index in [4.69, 9.17) is 16.3 Å². The highest BCUT2D eigenvalue weighted by molar-refractivity contribution is 7.89. The Kier molecular flexibility index (Phi) is 7.88. The van der Waals surface area contributed by atoms with Crippen molar-refractivity contribution in [3.63, 3.8) is 0 Å². The van der Waals surface area contributed by atoms with Gasteiger partial charge in [0.05, 0.1) is 4.90 Å². The molecule has 0 aliphatic carbocycles. The van der Waals surface area contributed by atoms with Crippen LogP contribution in [0.2, 0.25) is 5.02 Å². The molecule has 1 atom stereocenters. The standard InChI is InChI=1S/C25H26ClN3O4S.ClH/c26-21-6-4-19-16-24(7-5-18(19)14-21)34(31,32)29-12-10-28(11-13-29)25(30)20-2-1-3-22(15-20)33-23-8-9-27-17-23;/h1-7,14-16,23,27H,8-13,17H2;1H/t23-;/m0./s1. The predicted molar refractivity (Wildman–Crippen MR) is 139 cm³/mol. The van der Waals surface area contributed by atoms with E-state index >= 15 is 0 Å². The first-order valence-corrected chi connectivity index (χ1v) is 13.2. The number of carbonyl (C=O) groups is 1. The number of halogens is 2. The van der Waals surface area contributed by atoms with Crippen molar-refractivity contribution < 1.29 is 17.9 Å². The second-order valence-corrected chi connectivity index (χ2v) is 11.0. The molecule has 2 saturated heterocycles. The van der Waals surface area contributed by atoms with Crippen LogP contribution in [0, 0.1) is 0 Å². The Balaban J connectivity index is 0.00000289. The average Bonchev–Trinajstić information content (AvgIpc) is 3.36. The van der Waals surface area contributed by atoms with E-state index in [0.717, 1.165) is 30.3 Å². The van der Waals surface area contributed by atoms with Crippen LogP contribution in [-0.4, -0.2) is 68.9 Å². The maximum atomic E-state index is 13.2. The lowest BCUT2D eigenvalue weighted by atomic mass is 10.1. The van der Waals surface area contributed by atoms with E-state index < -0.39 is 10.0 Å². The van der Waals surface area contributed by atoms with Crippen LogP contribution in [0.25, 0.3) is 10.8 Å². The lowest BCUT2D eigenvalue weighted by Crippen LogP contribution is -2.50. The second-order valence-electron chi connectivity index (χ2n) is 8.61. The molecule has 35 heavy (non-hydrogen) atoms. The molecule has 186 valence electrons. The summed E-state index contributed by atoms with van der Waals surface area (Å²) < 4.78 is 33.9. The van der Waals surface area contributed by atoms with Gasteiger partial charge in [-0.05, 0) is 66.2 Å². The number of fused-ring (bicyclic) bond motifs is 1. The van der Waals surface area contributed by atoms with E-state index in [1.165, 1.54) is 4.31 Å². The topological polar surface area (TPSA) is 79.0 Å². The number of carbonyl (C=O) groups excluding carboxylic acids is 1. The lowest BCUT2D eigenvalue weighted by Gasteiger charge is -2.34. The molecule has 2 aliphatic heterocycles. The van der Waals surface area contributed by atoms with Gasteiger partial charge < -0.3 is 15.0 Å². The molecule has 1 N–H and O–H groups in total. The van der Waals surface area contributed by atoms with Gasteiger partial charge in [0.25, 0.3) is 5.91 Å². The van der Waals surface area contributed by atoms with Gasteiger partial charge in [-0.25, -0.2) is 8.42 Å². The molecule has 0 unspecified atom stereocenters. The maximum Gasteiger partial charge on any atom is 0.254 e. The maximum absolute atomic E-state index is 13.2. The van der Waals surface area contributed by atoms with E-state index in [0.29, 0.717) is 29.4 Å². The van der Waals surface area contributed by atoms with Crippen LogP contribution in [0.4, 0.5) is 0 Å². The second kappa shape index (κ2) is 10.7. The van der Waals surface area contributed by atoms with Crippen LogP contribution in [0.5, 0.6) is 5.75 Å². The first-order chi connectivity index (χ1) is 16.4. The summed E-state index contributed by atoms with van der Waals surface area (Å²) in [6.45, 7) is 2.90. The lowest BCUT2D eigenvalue weighted by molar-refractivity contribution is 0.0697. The van der Waals surface area contributed by atoms with E-state index in [1.807, 2.05) is 24.3 Å². The smallest absolute Gasteiger partial charge is 0.254 e. The molecule has 0 bridgehead atoms. The van der Waals surface area contributed by atoms with Crippen LogP contribution in [0.1, 0.15) is 16.8 Å². The van der Waals surface area contributed by atoms with Crippen molar-refractivity contribution >= 4 is 50.7 Å². The average molecular weight is 536 g/mol. The van der Waals surface area contributed by atoms with E-state index in [9.17, 15) is 13.2 Å². The Morgan fingerprint density at radius 2 is 1.71 bits per heavy atom. The zero-order valence-electron chi connectivity index (χ0n) is 19.0.